The van der Waals surface area contributed by atoms with Gasteiger partial charge in [0.1, 0.15) is 36.6 Å². The van der Waals surface area contributed by atoms with E-state index in [9.17, 15) is 29.4 Å². The van der Waals surface area contributed by atoms with Crippen molar-refractivity contribution in [3.8, 4) is 0 Å². The molecule has 0 radical (unpaired) electrons. The molecule has 0 spiro atoms. The van der Waals surface area contributed by atoms with Gasteiger partial charge in [0.05, 0.1) is 38.4 Å². The first-order valence-electron chi connectivity index (χ1n) is 9.12. The van der Waals surface area contributed by atoms with Gasteiger partial charge < -0.3 is 91.3 Å². The van der Waals surface area contributed by atoms with E-state index in [4.69, 9.17) is 71.5 Å². The number of carbonyl (C=O) groups is 4. The zero-order chi connectivity index (χ0) is 29.8. The maximum Gasteiger partial charge on any atom is 2.00 e. The number of aliphatic hydroxyl groups excluding tert-OH is 12. The van der Waals surface area contributed by atoms with Crippen molar-refractivity contribution in [2.24, 2.45) is 0 Å². The van der Waals surface area contributed by atoms with Gasteiger partial charge in [-0.2, -0.15) is 0 Å². The molecule has 0 aromatic heterocycles. The van der Waals surface area contributed by atoms with Crippen LogP contribution in [0.4, 0.5) is 0 Å². The van der Waals surface area contributed by atoms with E-state index in [0.29, 0.717) is 0 Å². The zero-order valence-corrected chi connectivity index (χ0v) is 21.1. The Morgan fingerprint density at radius 3 is 0.676 bits per heavy atom. The molecule has 0 heterocycles. The molecule has 0 aromatic carbocycles. The van der Waals surface area contributed by atoms with Crippen LogP contribution in [0.1, 0.15) is 0 Å². The second kappa shape index (κ2) is 26.3. The summed E-state index contributed by atoms with van der Waals surface area (Å²) < 4.78 is 0. The quantitative estimate of drug-likeness (QED) is 0.0949. The Morgan fingerprint density at radius 2 is 0.622 bits per heavy atom. The van der Waals surface area contributed by atoms with Crippen molar-refractivity contribution < 1.29 is 101 Å². The summed E-state index contributed by atoms with van der Waals surface area (Å²) in [5.41, 5.74) is 0. The van der Waals surface area contributed by atoms with Crippen molar-refractivity contribution in [3.05, 3.63) is 0 Å². The molecule has 0 saturated heterocycles. The first-order valence-corrected chi connectivity index (χ1v) is 9.12. The molecule has 8 atom stereocenters. The zero-order valence-electron chi connectivity index (χ0n) is 18.9. The summed E-state index contributed by atoms with van der Waals surface area (Å²) in [6.07, 6.45) is -14.3. The van der Waals surface area contributed by atoms with Crippen LogP contribution in [0.5, 0.6) is 0 Å². The van der Waals surface area contributed by atoms with Gasteiger partial charge in [0.25, 0.3) is 0 Å². The predicted molar refractivity (Wildman–Crippen MR) is 107 cm³/mol. The van der Waals surface area contributed by atoms with Gasteiger partial charge in [-0.15, -0.1) is 0 Å². The minimum atomic E-state index is -2.00. The molecule has 0 aliphatic carbocycles. The van der Waals surface area contributed by atoms with Gasteiger partial charge in [0.2, 0.25) is 0 Å². The first kappa shape index (κ1) is 45.6. The fourth-order valence-electron chi connectivity index (χ4n) is 1.04. The van der Waals surface area contributed by atoms with Crippen LogP contribution in [0.2, 0.25) is 0 Å². The Labute approximate surface area is 237 Å². The molecular weight excluding hydrogens is 552 g/mol. The summed E-state index contributed by atoms with van der Waals surface area (Å²) in [6.45, 7) is -3.11. The average Bonchev–Trinajstić information content (AvgIpc) is 2.85. The van der Waals surface area contributed by atoms with Crippen LogP contribution in [0.25, 0.3) is 0 Å². The molecule has 14 N–H and O–H groups in total. The van der Waals surface area contributed by atoms with E-state index in [0.717, 1.165) is 0 Å². The number of carbonyl (C=O) groups excluding carboxylic acids is 2. The normalized spacial score (nSPS) is 16.3. The molecule has 0 aliphatic rings. The van der Waals surface area contributed by atoms with Crippen LogP contribution < -0.4 is 10.2 Å². The third kappa shape index (κ3) is 24.7. The molecule has 20 nitrogen and oxygen atoms in total. The Hall–Kier alpha value is -1.34. The third-order valence-electron chi connectivity index (χ3n) is 3.20. The van der Waals surface area contributed by atoms with E-state index in [-0.39, 0.29) is 37.7 Å². The van der Waals surface area contributed by atoms with Crippen molar-refractivity contribution >= 4 is 61.6 Å². The summed E-state index contributed by atoms with van der Waals surface area (Å²) in [4.78, 5) is 38.9. The fraction of sp³-hybridized carbons (Fsp3) is 0.750. The second-order valence-corrected chi connectivity index (χ2v) is 6.09. The minimum Gasteiger partial charge on any atom is -0.547 e. The van der Waals surface area contributed by atoms with Crippen LogP contribution in [0.3, 0.4) is 0 Å². The largest absolute Gasteiger partial charge is 2.00 e. The van der Waals surface area contributed by atoms with E-state index < -0.39 is 99.1 Å². The fourth-order valence-corrected chi connectivity index (χ4v) is 1.04. The molecular formula is C16H30CaO20. The van der Waals surface area contributed by atoms with Crippen molar-refractivity contribution in [1.82, 2.24) is 0 Å². The molecule has 0 aliphatic heterocycles. The molecule has 0 saturated carbocycles. The van der Waals surface area contributed by atoms with Crippen LogP contribution in [-0.2, 0) is 19.2 Å². The van der Waals surface area contributed by atoms with Gasteiger partial charge >= 0.3 is 49.7 Å². The van der Waals surface area contributed by atoms with Crippen LogP contribution >= 0.6 is 0 Å². The van der Waals surface area contributed by atoms with Crippen molar-refractivity contribution in [1.29, 1.82) is 0 Å². The third-order valence-corrected chi connectivity index (χ3v) is 3.20. The summed E-state index contributed by atoms with van der Waals surface area (Å²) in [7, 11) is 0. The van der Waals surface area contributed by atoms with Gasteiger partial charge in [-0.1, -0.05) is 0 Å². The van der Waals surface area contributed by atoms with E-state index >= 15 is 0 Å². The van der Waals surface area contributed by atoms with E-state index in [1.54, 1.807) is 0 Å². The van der Waals surface area contributed by atoms with Gasteiger partial charge in [-0.05, 0) is 0 Å². The number of rotatable bonds is 12. The molecule has 216 valence electrons. The summed E-state index contributed by atoms with van der Waals surface area (Å²) in [5, 5.41) is 135. The van der Waals surface area contributed by atoms with Gasteiger partial charge in [0.15, 0.2) is 12.2 Å². The molecule has 0 fully saturated rings. The Kier molecular flexibility index (Phi) is 32.4. The van der Waals surface area contributed by atoms with Crippen molar-refractivity contribution in [2.75, 3.05) is 26.4 Å². The first-order chi connectivity index (χ1) is 16.4. The molecule has 0 aromatic rings. The summed E-state index contributed by atoms with van der Waals surface area (Å²) in [6, 6.07) is 0. The van der Waals surface area contributed by atoms with E-state index in [2.05, 4.69) is 0 Å². The van der Waals surface area contributed by atoms with Gasteiger partial charge in [0, 0.05) is 0 Å². The van der Waals surface area contributed by atoms with Crippen molar-refractivity contribution in [2.45, 2.75) is 48.8 Å². The monoisotopic (exact) mass is 582 g/mol. The van der Waals surface area contributed by atoms with Crippen LogP contribution in [0, 0.1) is 0 Å². The average molecular weight is 582 g/mol. The molecule has 21 heteroatoms. The smallest absolute Gasteiger partial charge is 0.547 e. The maximum absolute atomic E-state index is 9.78. The molecule has 0 amide bonds. The Bertz CT molecular complexity index is 515. The maximum atomic E-state index is 9.78. The SMILES string of the molecule is O=C(O)[C@H](O)[C@@H](O)CO.O=C(O)[C@H](O)[C@@H](O)CO.O=C([O-])[C@H](O)[C@@H](O)CO.O=C([O-])[C@H](O)[C@@H](O)CO.[Ca+2]. The topological polar surface area (TPSA) is 398 Å². The number of aliphatic carboxylic acids is 4. The number of carboxylic acids is 4. The molecule has 0 bridgehead atoms. The van der Waals surface area contributed by atoms with E-state index in [1.165, 1.54) is 0 Å². The van der Waals surface area contributed by atoms with E-state index in [1.807, 2.05) is 0 Å². The number of carboxylic acid groups (broad SMARTS) is 4. The molecule has 0 unspecified atom stereocenters. The number of hydrogen-bond donors (Lipinski definition) is 14. The number of aliphatic hydroxyl groups is 12. The summed E-state index contributed by atoms with van der Waals surface area (Å²) in [5.74, 6) is -6.68. The number of hydrogen-bond acceptors (Lipinski definition) is 18. The Morgan fingerprint density at radius 1 is 0.459 bits per heavy atom. The van der Waals surface area contributed by atoms with Crippen LogP contribution in [-0.4, -0.2) is 208 Å². The predicted octanol–water partition coefficient (Wildman–Crippen LogP) is -11.9. The summed E-state index contributed by atoms with van der Waals surface area (Å²) >= 11 is 0. The van der Waals surface area contributed by atoms with Crippen molar-refractivity contribution in [3.63, 3.8) is 0 Å². The Balaban J connectivity index is -0.000000122. The molecule has 0 rings (SSSR count). The second-order valence-electron chi connectivity index (χ2n) is 6.09. The van der Waals surface area contributed by atoms with Gasteiger partial charge in [-0.25, -0.2) is 9.59 Å². The van der Waals surface area contributed by atoms with Crippen LogP contribution in [0.15, 0.2) is 0 Å². The van der Waals surface area contributed by atoms with Gasteiger partial charge in [-0.3, -0.25) is 0 Å². The molecule has 37 heavy (non-hydrogen) atoms. The standard InChI is InChI=1S/4C4H8O5.Ca/c4*5-1-2(6)3(7)4(8)9;/h4*2-3,5-7H,1H2,(H,8,9);/q;;;;+2/p-2/t4*2-,3+;/m0000./s1. The minimum absolute atomic E-state index is 0.